The highest BCUT2D eigenvalue weighted by atomic mass is 35.5. The molecule has 1 saturated heterocycles. The molecule has 7 nitrogen and oxygen atoms in total. The standard InChI is InChI=1S/C17H23ClN4O3S/c1-24-9-4-19-16(23)11-20-5-7-21(8-6-20)12-22-14-3-2-13(18)10-15(14)25-17(22)26/h2-3,10H,4-9,11-12H2,1H3,(H,19,23). The third kappa shape index (κ3) is 4.83. The van der Waals surface area contributed by atoms with Crippen LogP contribution in [0.2, 0.25) is 5.02 Å². The van der Waals surface area contributed by atoms with Crippen molar-refractivity contribution in [3.63, 3.8) is 0 Å². The fraction of sp³-hybridized carbons (Fsp3) is 0.529. The summed E-state index contributed by atoms with van der Waals surface area (Å²) < 4.78 is 12.5. The maximum absolute atomic E-state index is 11.9. The average molecular weight is 399 g/mol. The third-order valence-electron chi connectivity index (χ3n) is 4.43. The van der Waals surface area contributed by atoms with E-state index >= 15 is 0 Å². The van der Waals surface area contributed by atoms with Crippen LogP contribution in [0.3, 0.4) is 0 Å². The van der Waals surface area contributed by atoms with Crippen molar-refractivity contribution in [2.24, 2.45) is 0 Å². The highest BCUT2D eigenvalue weighted by Gasteiger charge is 2.20. The molecule has 1 amide bonds. The van der Waals surface area contributed by atoms with E-state index in [1.807, 2.05) is 16.7 Å². The van der Waals surface area contributed by atoms with Gasteiger partial charge < -0.3 is 14.5 Å². The minimum Gasteiger partial charge on any atom is -0.429 e. The molecule has 0 aliphatic carbocycles. The van der Waals surface area contributed by atoms with Crippen molar-refractivity contribution in [2.75, 3.05) is 53.0 Å². The van der Waals surface area contributed by atoms with E-state index in [1.54, 1.807) is 13.2 Å². The molecule has 2 aromatic rings. The number of rotatable bonds is 7. The molecule has 26 heavy (non-hydrogen) atoms. The van der Waals surface area contributed by atoms with Crippen molar-refractivity contribution in [1.29, 1.82) is 0 Å². The molecule has 0 atom stereocenters. The van der Waals surface area contributed by atoms with Gasteiger partial charge in [-0.3, -0.25) is 19.2 Å². The molecule has 0 radical (unpaired) electrons. The maximum Gasteiger partial charge on any atom is 0.270 e. The first-order chi connectivity index (χ1) is 12.6. The van der Waals surface area contributed by atoms with Crippen molar-refractivity contribution in [1.82, 2.24) is 19.7 Å². The van der Waals surface area contributed by atoms with Crippen LogP contribution in [0.15, 0.2) is 22.6 Å². The number of carbonyl (C=O) groups is 1. The van der Waals surface area contributed by atoms with Crippen LogP contribution < -0.4 is 5.32 Å². The van der Waals surface area contributed by atoms with Crippen molar-refractivity contribution < 1.29 is 13.9 Å². The number of halogens is 1. The summed E-state index contributed by atoms with van der Waals surface area (Å²) in [6.45, 7) is 5.58. The molecule has 1 N–H and O–H groups in total. The van der Waals surface area contributed by atoms with Gasteiger partial charge in [0.2, 0.25) is 5.91 Å². The quantitative estimate of drug-likeness (QED) is 0.568. The Kier molecular flexibility index (Phi) is 6.66. The summed E-state index contributed by atoms with van der Waals surface area (Å²) in [4.78, 5) is 16.8. The van der Waals surface area contributed by atoms with Gasteiger partial charge >= 0.3 is 0 Å². The van der Waals surface area contributed by atoms with Gasteiger partial charge in [-0.15, -0.1) is 0 Å². The summed E-state index contributed by atoms with van der Waals surface area (Å²) in [6, 6.07) is 5.55. The molecule has 0 unspecified atom stereocenters. The van der Waals surface area contributed by atoms with E-state index in [1.165, 1.54) is 0 Å². The van der Waals surface area contributed by atoms with E-state index in [4.69, 9.17) is 33.0 Å². The number of fused-ring (bicyclic) bond motifs is 1. The van der Waals surface area contributed by atoms with Crippen LogP contribution >= 0.6 is 23.8 Å². The number of ether oxygens (including phenoxy) is 1. The molecular formula is C17H23ClN4O3S. The van der Waals surface area contributed by atoms with Crippen LogP contribution in [0.1, 0.15) is 0 Å². The monoisotopic (exact) mass is 398 g/mol. The second-order valence-corrected chi connectivity index (χ2v) is 7.07. The molecule has 2 heterocycles. The molecular weight excluding hydrogens is 376 g/mol. The highest BCUT2D eigenvalue weighted by Crippen LogP contribution is 2.22. The third-order valence-corrected chi connectivity index (χ3v) is 4.97. The molecule has 1 fully saturated rings. The Morgan fingerprint density at radius 2 is 2.04 bits per heavy atom. The number of piperazine rings is 1. The van der Waals surface area contributed by atoms with Crippen molar-refractivity contribution in [3.8, 4) is 0 Å². The van der Waals surface area contributed by atoms with Gasteiger partial charge in [0.1, 0.15) is 0 Å². The molecule has 1 aliphatic heterocycles. The summed E-state index contributed by atoms with van der Waals surface area (Å²) in [6.07, 6.45) is 0. The lowest BCUT2D eigenvalue weighted by Gasteiger charge is -2.34. The summed E-state index contributed by atoms with van der Waals surface area (Å²) >= 11 is 11.4. The molecule has 3 rings (SSSR count). The first kappa shape index (κ1) is 19.3. The average Bonchev–Trinajstić information content (AvgIpc) is 2.91. The minimum atomic E-state index is 0.0374. The first-order valence-electron chi connectivity index (χ1n) is 8.56. The van der Waals surface area contributed by atoms with E-state index in [0.29, 0.717) is 41.8 Å². The van der Waals surface area contributed by atoms with Gasteiger partial charge in [0.15, 0.2) is 5.58 Å². The molecule has 1 aromatic heterocycles. The fourth-order valence-corrected chi connectivity index (χ4v) is 3.42. The smallest absolute Gasteiger partial charge is 0.270 e. The van der Waals surface area contributed by atoms with Crippen molar-refractivity contribution in [2.45, 2.75) is 6.67 Å². The molecule has 0 spiro atoms. The van der Waals surface area contributed by atoms with Gasteiger partial charge in [0.25, 0.3) is 4.84 Å². The molecule has 9 heteroatoms. The number of hydrogen-bond acceptors (Lipinski definition) is 6. The lowest BCUT2D eigenvalue weighted by molar-refractivity contribution is -0.122. The first-order valence-corrected chi connectivity index (χ1v) is 9.34. The van der Waals surface area contributed by atoms with Gasteiger partial charge in [-0.25, -0.2) is 0 Å². The Labute approximate surface area is 162 Å². The summed E-state index contributed by atoms with van der Waals surface area (Å²) in [5.41, 5.74) is 1.65. The summed E-state index contributed by atoms with van der Waals surface area (Å²) in [5, 5.41) is 3.48. The molecule has 0 saturated carbocycles. The number of nitrogens with zero attached hydrogens (tertiary/aromatic N) is 3. The number of carbonyl (C=O) groups excluding carboxylic acids is 1. The zero-order chi connectivity index (χ0) is 18.5. The van der Waals surface area contributed by atoms with Crippen LogP contribution in [-0.4, -0.2) is 73.3 Å². The van der Waals surface area contributed by atoms with E-state index in [9.17, 15) is 4.79 Å². The largest absolute Gasteiger partial charge is 0.429 e. The maximum atomic E-state index is 11.9. The Morgan fingerprint density at radius 1 is 1.31 bits per heavy atom. The Morgan fingerprint density at radius 3 is 2.77 bits per heavy atom. The molecule has 1 aromatic carbocycles. The number of nitrogens with one attached hydrogen (secondary N) is 1. The number of oxazole rings is 1. The van der Waals surface area contributed by atoms with Crippen molar-refractivity contribution in [3.05, 3.63) is 28.1 Å². The van der Waals surface area contributed by atoms with Crippen LogP contribution in [0, 0.1) is 4.84 Å². The predicted octanol–water partition coefficient (Wildman–Crippen LogP) is 1.95. The molecule has 142 valence electrons. The van der Waals surface area contributed by atoms with Crippen LogP contribution in [-0.2, 0) is 16.2 Å². The van der Waals surface area contributed by atoms with Gasteiger partial charge in [-0.1, -0.05) is 11.6 Å². The Hall–Kier alpha value is -1.45. The summed E-state index contributed by atoms with van der Waals surface area (Å²) in [5.74, 6) is 0.0374. The second-order valence-electron chi connectivity index (χ2n) is 6.29. The predicted molar refractivity (Wildman–Crippen MR) is 103 cm³/mol. The van der Waals surface area contributed by atoms with E-state index in [2.05, 4.69) is 15.1 Å². The summed E-state index contributed by atoms with van der Waals surface area (Å²) in [7, 11) is 1.62. The number of hydrogen-bond donors (Lipinski definition) is 1. The van der Waals surface area contributed by atoms with Gasteiger partial charge in [-0.2, -0.15) is 0 Å². The Balaban J connectivity index is 1.52. The zero-order valence-electron chi connectivity index (χ0n) is 14.7. The molecule has 1 aliphatic rings. The number of amides is 1. The van der Waals surface area contributed by atoms with Crippen molar-refractivity contribution >= 4 is 40.8 Å². The number of methoxy groups -OCH3 is 1. The lowest BCUT2D eigenvalue weighted by atomic mass is 10.3. The van der Waals surface area contributed by atoms with Crippen LogP contribution in [0.4, 0.5) is 0 Å². The van der Waals surface area contributed by atoms with E-state index in [-0.39, 0.29) is 5.91 Å². The SMILES string of the molecule is COCCNC(=O)CN1CCN(Cn2c(=S)oc3cc(Cl)ccc32)CC1. The van der Waals surface area contributed by atoms with E-state index < -0.39 is 0 Å². The Bertz CT molecular complexity index is 814. The number of benzene rings is 1. The lowest BCUT2D eigenvalue weighted by Crippen LogP contribution is -2.49. The highest BCUT2D eigenvalue weighted by molar-refractivity contribution is 7.71. The fourth-order valence-electron chi connectivity index (χ4n) is 3.01. The van der Waals surface area contributed by atoms with Crippen LogP contribution in [0.5, 0.6) is 0 Å². The van der Waals surface area contributed by atoms with E-state index in [0.717, 1.165) is 31.7 Å². The number of aromatic nitrogens is 1. The minimum absolute atomic E-state index is 0.0374. The molecule has 0 bridgehead atoms. The van der Waals surface area contributed by atoms with Gasteiger partial charge in [-0.05, 0) is 24.4 Å². The van der Waals surface area contributed by atoms with Gasteiger partial charge in [0.05, 0.1) is 25.3 Å². The topological polar surface area (TPSA) is 62.9 Å². The second kappa shape index (κ2) is 8.96. The van der Waals surface area contributed by atoms with Gasteiger partial charge in [0, 0.05) is 50.9 Å². The normalized spacial score (nSPS) is 16.2. The van der Waals surface area contributed by atoms with Crippen LogP contribution in [0.25, 0.3) is 11.1 Å². The zero-order valence-corrected chi connectivity index (χ0v) is 16.3.